The van der Waals surface area contributed by atoms with Gasteiger partial charge in [-0.25, -0.2) is 12.8 Å². The zero-order valence-electron chi connectivity index (χ0n) is 10.4. The lowest BCUT2D eigenvalue weighted by molar-refractivity contribution is 0.285. The summed E-state index contributed by atoms with van der Waals surface area (Å²) in [6.07, 6.45) is 0. The summed E-state index contributed by atoms with van der Waals surface area (Å²) >= 11 is 4.24. The van der Waals surface area contributed by atoms with Crippen molar-refractivity contribution >= 4 is 43.0 Å². The summed E-state index contributed by atoms with van der Waals surface area (Å²) in [6, 6.07) is 5.58. The normalized spacial score (nSPS) is 11.6. The lowest BCUT2D eigenvalue weighted by atomic mass is 10.2. The largest absolute Gasteiger partial charge is 0.391 e. The SMILES string of the molecule is Cc1ccc(NS(=O)(=O)c2cc(CO)sc2Br)c(F)c1. The maximum absolute atomic E-state index is 13.7. The second-order valence-corrected chi connectivity index (χ2v) is 8.20. The third-order valence-electron chi connectivity index (χ3n) is 2.52. The minimum atomic E-state index is -3.91. The molecule has 0 unspecified atom stereocenters. The maximum Gasteiger partial charge on any atom is 0.263 e. The first kappa shape index (κ1) is 15.4. The Bertz CT molecular complexity index is 743. The average molecular weight is 380 g/mol. The van der Waals surface area contributed by atoms with Gasteiger partial charge in [0.25, 0.3) is 10.0 Å². The van der Waals surface area contributed by atoms with Gasteiger partial charge >= 0.3 is 0 Å². The van der Waals surface area contributed by atoms with E-state index in [9.17, 15) is 12.8 Å². The number of sulfonamides is 1. The molecular weight excluding hydrogens is 369 g/mol. The van der Waals surface area contributed by atoms with E-state index in [1.807, 2.05) is 0 Å². The number of halogens is 2. The molecule has 0 amide bonds. The van der Waals surface area contributed by atoms with Gasteiger partial charge in [0.05, 0.1) is 16.1 Å². The van der Waals surface area contributed by atoms with Crippen molar-refractivity contribution in [3.8, 4) is 0 Å². The van der Waals surface area contributed by atoms with Crippen molar-refractivity contribution in [2.45, 2.75) is 18.4 Å². The summed E-state index contributed by atoms with van der Waals surface area (Å²) in [5.41, 5.74) is 0.587. The Labute approximate surface area is 128 Å². The number of hydrogen-bond donors (Lipinski definition) is 2. The molecule has 0 spiro atoms. The molecule has 0 aliphatic carbocycles. The van der Waals surface area contributed by atoms with E-state index in [1.54, 1.807) is 13.0 Å². The molecule has 0 aliphatic rings. The van der Waals surface area contributed by atoms with Gasteiger partial charge in [-0.15, -0.1) is 11.3 Å². The molecule has 1 aromatic heterocycles. The number of thiophene rings is 1. The zero-order valence-corrected chi connectivity index (χ0v) is 13.6. The number of hydrogen-bond acceptors (Lipinski definition) is 4. The molecule has 0 radical (unpaired) electrons. The molecule has 0 aliphatic heterocycles. The highest BCUT2D eigenvalue weighted by molar-refractivity contribution is 9.11. The smallest absolute Gasteiger partial charge is 0.263 e. The third kappa shape index (κ3) is 3.20. The Morgan fingerprint density at radius 1 is 1.40 bits per heavy atom. The van der Waals surface area contributed by atoms with E-state index in [0.717, 1.165) is 11.3 Å². The van der Waals surface area contributed by atoms with Crippen LogP contribution < -0.4 is 4.72 Å². The first-order valence-corrected chi connectivity index (χ1v) is 8.61. The van der Waals surface area contributed by atoms with Crippen LogP contribution in [0.1, 0.15) is 10.4 Å². The molecule has 0 saturated heterocycles. The van der Waals surface area contributed by atoms with E-state index in [1.165, 1.54) is 18.2 Å². The van der Waals surface area contributed by atoms with E-state index in [-0.39, 0.29) is 17.2 Å². The van der Waals surface area contributed by atoms with Crippen molar-refractivity contribution in [1.29, 1.82) is 0 Å². The summed E-state index contributed by atoms with van der Waals surface area (Å²) < 4.78 is 40.7. The van der Waals surface area contributed by atoms with Gasteiger partial charge in [-0.05, 0) is 46.6 Å². The quantitative estimate of drug-likeness (QED) is 0.856. The predicted molar refractivity (Wildman–Crippen MR) is 79.9 cm³/mol. The van der Waals surface area contributed by atoms with Crippen molar-refractivity contribution in [1.82, 2.24) is 0 Å². The summed E-state index contributed by atoms with van der Waals surface area (Å²) in [7, 11) is -3.91. The van der Waals surface area contributed by atoms with Gasteiger partial charge in [0.2, 0.25) is 0 Å². The van der Waals surface area contributed by atoms with Crippen LogP contribution in [0.15, 0.2) is 32.9 Å². The first-order valence-electron chi connectivity index (χ1n) is 5.51. The molecule has 0 saturated carbocycles. The Hall–Kier alpha value is -0.960. The summed E-state index contributed by atoms with van der Waals surface area (Å²) in [4.78, 5) is 0.480. The fraction of sp³-hybridized carbons (Fsp3) is 0.167. The number of aryl methyl sites for hydroxylation is 1. The number of aliphatic hydroxyl groups excluding tert-OH is 1. The molecule has 4 nitrogen and oxygen atoms in total. The lowest BCUT2D eigenvalue weighted by Gasteiger charge is -2.08. The molecule has 2 aromatic rings. The van der Waals surface area contributed by atoms with E-state index in [4.69, 9.17) is 5.11 Å². The van der Waals surface area contributed by atoms with Crippen molar-refractivity contribution in [2.75, 3.05) is 4.72 Å². The monoisotopic (exact) mass is 379 g/mol. The van der Waals surface area contributed by atoms with Crippen LogP contribution in [0.3, 0.4) is 0 Å². The Morgan fingerprint density at radius 2 is 2.10 bits per heavy atom. The third-order valence-corrected chi connectivity index (χ3v) is 6.12. The van der Waals surface area contributed by atoms with Crippen LogP contribution in [0.4, 0.5) is 10.1 Å². The molecule has 0 bridgehead atoms. The lowest BCUT2D eigenvalue weighted by Crippen LogP contribution is -2.13. The predicted octanol–water partition coefficient (Wildman–Crippen LogP) is 3.25. The molecule has 20 heavy (non-hydrogen) atoms. The van der Waals surface area contributed by atoms with Gasteiger partial charge in [-0.2, -0.15) is 0 Å². The highest BCUT2D eigenvalue weighted by atomic mass is 79.9. The fourth-order valence-electron chi connectivity index (χ4n) is 1.56. The molecular formula is C12H11BrFNO3S2. The van der Waals surface area contributed by atoms with Crippen LogP contribution in [0.2, 0.25) is 0 Å². The Morgan fingerprint density at radius 3 is 2.65 bits per heavy atom. The fourth-order valence-corrected chi connectivity index (χ4v) is 5.17. The van der Waals surface area contributed by atoms with Crippen LogP contribution in [0.25, 0.3) is 0 Å². The van der Waals surface area contributed by atoms with Gasteiger partial charge < -0.3 is 5.11 Å². The molecule has 108 valence electrons. The Balaban J connectivity index is 2.38. The van der Waals surface area contributed by atoms with Crippen molar-refractivity contribution < 1.29 is 17.9 Å². The summed E-state index contributed by atoms with van der Waals surface area (Å²) in [6.45, 7) is 1.46. The number of benzene rings is 1. The molecule has 0 fully saturated rings. The highest BCUT2D eigenvalue weighted by Crippen LogP contribution is 2.33. The van der Waals surface area contributed by atoms with Crippen molar-refractivity contribution in [3.63, 3.8) is 0 Å². The first-order chi connectivity index (χ1) is 9.33. The van der Waals surface area contributed by atoms with E-state index in [2.05, 4.69) is 20.7 Å². The van der Waals surface area contributed by atoms with Crippen molar-refractivity contribution in [2.24, 2.45) is 0 Å². The molecule has 2 rings (SSSR count). The minimum absolute atomic E-state index is 0.0217. The number of anilines is 1. The van der Waals surface area contributed by atoms with E-state index < -0.39 is 15.8 Å². The van der Waals surface area contributed by atoms with Gasteiger partial charge in [0, 0.05) is 4.88 Å². The minimum Gasteiger partial charge on any atom is -0.391 e. The molecule has 1 aromatic carbocycles. The summed E-state index contributed by atoms with van der Waals surface area (Å²) in [5.74, 6) is -0.637. The van der Waals surface area contributed by atoms with Crippen LogP contribution >= 0.6 is 27.3 Å². The number of rotatable bonds is 4. The van der Waals surface area contributed by atoms with Crippen LogP contribution in [-0.2, 0) is 16.6 Å². The summed E-state index contributed by atoms with van der Waals surface area (Å²) in [5, 5.41) is 9.02. The van der Waals surface area contributed by atoms with Gasteiger partial charge in [0.15, 0.2) is 0 Å². The van der Waals surface area contributed by atoms with E-state index in [0.29, 0.717) is 14.2 Å². The second kappa shape index (κ2) is 5.80. The van der Waals surface area contributed by atoms with Gasteiger partial charge in [-0.1, -0.05) is 6.07 Å². The molecule has 0 atom stereocenters. The second-order valence-electron chi connectivity index (χ2n) is 4.10. The van der Waals surface area contributed by atoms with Crippen LogP contribution in [0, 0.1) is 12.7 Å². The standard InChI is InChI=1S/C12H11BrFNO3S2/c1-7-2-3-10(9(14)4-7)15-20(17,18)11-5-8(6-16)19-12(11)13/h2-5,15-16H,6H2,1H3. The maximum atomic E-state index is 13.7. The van der Waals surface area contributed by atoms with E-state index >= 15 is 0 Å². The number of aliphatic hydroxyl groups is 1. The highest BCUT2D eigenvalue weighted by Gasteiger charge is 2.22. The number of nitrogens with one attached hydrogen (secondary N) is 1. The van der Waals surface area contributed by atoms with Crippen LogP contribution in [-0.4, -0.2) is 13.5 Å². The average Bonchev–Trinajstić information content (AvgIpc) is 2.75. The van der Waals surface area contributed by atoms with Gasteiger partial charge in [0.1, 0.15) is 10.7 Å². The van der Waals surface area contributed by atoms with Crippen LogP contribution in [0.5, 0.6) is 0 Å². The zero-order chi connectivity index (χ0) is 14.9. The Kier molecular flexibility index (Phi) is 4.48. The van der Waals surface area contributed by atoms with Crippen molar-refractivity contribution in [3.05, 3.63) is 44.3 Å². The molecule has 8 heteroatoms. The van der Waals surface area contributed by atoms with Gasteiger partial charge in [-0.3, -0.25) is 4.72 Å². The molecule has 2 N–H and O–H groups in total. The topological polar surface area (TPSA) is 66.4 Å². The molecule has 1 heterocycles.